The third kappa shape index (κ3) is 6.35. The van der Waals surface area contributed by atoms with Crippen molar-refractivity contribution in [2.45, 2.75) is 32.4 Å². The maximum atomic E-state index is 5.70. The third-order valence-corrected chi connectivity index (χ3v) is 5.64. The van der Waals surface area contributed by atoms with Crippen LogP contribution >= 0.6 is 35.3 Å². The molecule has 0 radical (unpaired) electrons. The van der Waals surface area contributed by atoms with Gasteiger partial charge in [0.15, 0.2) is 11.1 Å². The van der Waals surface area contributed by atoms with Gasteiger partial charge < -0.3 is 20.0 Å². The molecule has 1 saturated heterocycles. The maximum absolute atomic E-state index is 5.70. The van der Waals surface area contributed by atoms with Crippen LogP contribution in [0.25, 0.3) is 0 Å². The summed E-state index contributed by atoms with van der Waals surface area (Å²) in [7, 11) is 4.01. The Morgan fingerprint density at radius 3 is 2.75 bits per heavy atom. The Balaban J connectivity index is 0.00000280. The van der Waals surface area contributed by atoms with Crippen molar-refractivity contribution in [2.75, 3.05) is 45.2 Å². The van der Waals surface area contributed by atoms with E-state index in [2.05, 4.69) is 38.9 Å². The Morgan fingerprint density at radius 2 is 2.14 bits per heavy atom. The summed E-state index contributed by atoms with van der Waals surface area (Å²) in [5, 5.41) is 9.89. The van der Waals surface area contributed by atoms with Gasteiger partial charge in [-0.15, -0.1) is 35.3 Å². The standard InChI is InChI=1S/C19H30N6OS.HI/c1-4-20-18(21-12-15-14-27-19(23-15)24(2)3)22-13-16(17-8-7-11-26-17)25-9-5-6-10-25;/h7-8,11,14,16H,4-6,9-10,12-13H2,1-3H3,(H2,20,21,22);1H. The van der Waals surface area contributed by atoms with Gasteiger partial charge in [-0.1, -0.05) is 0 Å². The lowest BCUT2D eigenvalue weighted by Gasteiger charge is -2.26. The first kappa shape index (κ1) is 23.0. The number of hydrogen-bond acceptors (Lipinski definition) is 6. The quantitative estimate of drug-likeness (QED) is 0.318. The minimum absolute atomic E-state index is 0. The summed E-state index contributed by atoms with van der Waals surface area (Å²) in [6.45, 7) is 6.46. The van der Waals surface area contributed by atoms with E-state index in [-0.39, 0.29) is 30.0 Å². The summed E-state index contributed by atoms with van der Waals surface area (Å²) < 4.78 is 5.70. The normalized spacial score (nSPS) is 15.9. The van der Waals surface area contributed by atoms with Crippen LogP contribution in [-0.2, 0) is 6.54 Å². The molecule has 2 aromatic heterocycles. The van der Waals surface area contributed by atoms with Gasteiger partial charge in [0.2, 0.25) is 0 Å². The Kier molecular flexibility index (Phi) is 9.52. The number of nitrogens with one attached hydrogen (secondary N) is 2. The molecular formula is C19H31IN6OS. The van der Waals surface area contributed by atoms with Crippen LogP contribution in [0, 0.1) is 0 Å². The monoisotopic (exact) mass is 518 g/mol. The first-order chi connectivity index (χ1) is 13.2. The van der Waals surface area contributed by atoms with Crippen LogP contribution < -0.4 is 15.5 Å². The first-order valence-corrected chi connectivity index (χ1v) is 10.5. The molecule has 28 heavy (non-hydrogen) atoms. The fourth-order valence-corrected chi connectivity index (χ4v) is 3.96. The van der Waals surface area contributed by atoms with Gasteiger partial charge in [-0.25, -0.2) is 9.98 Å². The molecule has 1 unspecified atom stereocenters. The zero-order valence-corrected chi connectivity index (χ0v) is 20.0. The minimum Gasteiger partial charge on any atom is -0.468 e. The molecule has 0 aliphatic carbocycles. The van der Waals surface area contributed by atoms with Crippen molar-refractivity contribution in [1.29, 1.82) is 0 Å². The molecule has 3 heterocycles. The van der Waals surface area contributed by atoms with Gasteiger partial charge in [0, 0.05) is 32.6 Å². The first-order valence-electron chi connectivity index (χ1n) is 9.58. The van der Waals surface area contributed by atoms with Crippen LogP contribution in [0.4, 0.5) is 5.13 Å². The molecule has 0 spiro atoms. The number of anilines is 1. The highest BCUT2D eigenvalue weighted by Gasteiger charge is 2.25. The van der Waals surface area contributed by atoms with Crippen molar-refractivity contribution in [3.63, 3.8) is 0 Å². The summed E-state index contributed by atoms with van der Waals surface area (Å²) in [5.41, 5.74) is 0.989. The van der Waals surface area contributed by atoms with Gasteiger partial charge in [0.1, 0.15) is 5.76 Å². The number of thiazole rings is 1. The largest absolute Gasteiger partial charge is 0.468 e. The fourth-order valence-electron chi connectivity index (χ4n) is 3.21. The Morgan fingerprint density at radius 1 is 1.36 bits per heavy atom. The molecule has 2 aromatic rings. The van der Waals surface area contributed by atoms with Crippen LogP contribution in [0.15, 0.2) is 33.2 Å². The van der Waals surface area contributed by atoms with E-state index in [4.69, 9.17) is 9.41 Å². The van der Waals surface area contributed by atoms with E-state index in [1.165, 1.54) is 12.8 Å². The predicted molar refractivity (Wildman–Crippen MR) is 127 cm³/mol. The molecule has 1 aliphatic rings. The number of likely N-dealkylation sites (tertiary alicyclic amines) is 1. The minimum atomic E-state index is 0. The molecule has 7 nitrogen and oxygen atoms in total. The lowest BCUT2D eigenvalue weighted by molar-refractivity contribution is 0.215. The van der Waals surface area contributed by atoms with E-state index in [0.717, 1.165) is 48.7 Å². The van der Waals surface area contributed by atoms with E-state index in [1.54, 1.807) is 17.6 Å². The van der Waals surface area contributed by atoms with Gasteiger partial charge in [0.05, 0.1) is 24.5 Å². The lowest BCUT2D eigenvalue weighted by atomic mass is 10.2. The average molecular weight is 518 g/mol. The van der Waals surface area contributed by atoms with E-state index >= 15 is 0 Å². The summed E-state index contributed by atoms with van der Waals surface area (Å²) in [4.78, 5) is 13.8. The molecule has 1 atom stereocenters. The number of guanidine groups is 1. The highest BCUT2D eigenvalue weighted by molar-refractivity contribution is 14.0. The number of halogens is 1. The molecule has 0 saturated carbocycles. The van der Waals surface area contributed by atoms with Crippen molar-refractivity contribution in [2.24, 2.45) is 4.99 Å². The van der Waals surface area contributed by atoms with E-state index in [1.807, 2.05) is 25.1 Å². The Hall–Kier alpha value is -1.33. The zero-order valence-electron chi connectivity index (χ0n) is 16.9. The van der Waals surface area contributed by atoms with Gasteiger partial charge in [0.25, 0.3) is 0 Å². The maximum Gasteiger partial charge on any atom is 0.191 e. The highest BCUT2D eigenvalue weighted by atomic mass is 127. The second-order valence-electron chi connectivity index (χ2n) is 6.87. The summed E-state index contributed by atoms with van der Waals surface area (Å²) >= 11 is 1.64. The Labute approximate surface area is 188 Å². The summed E-state index contributed by atoms with van der Waals surface area (Å²) in [6, 6.07) is 4.25. The van der Waals surface area contributed by atoms with Gasteiger partial charge in [-0.2, -0.15) is 0 Å². The molecule has 3 rings (SSSR count). The number of rotatable bonds is 8. The molecule has 9 heteroatoms. The predicted octanol–water partition coefficient (Wildman–Crippen LogP) is 3.31. The fraction of sp³-hybridized carbons (Fsp3) is 0.579. The van der Waals surface area contributed by atoms with Gasteiger partial charge in [-0.05, 0) is 45.0 Å². The van der Waals surface area contributed by atoms with E-state index in [0.29, 0.717) is 6.54 Å². The van der Waals surface area contributed by atoms with E-state index < -0.39 is 0 Å². The van der Waals surface area contributed by atoms with Crippen LogP contribution in [0.2, 0.25) is 0 Å². The number of nitrogens with zero attached hydrogens (tertiary/aromatic N) is 4. The molecule has 2 N–H and O–H groups in total. The molecule has 156 valence electrons. The van der Waals surface area contributed by atoms with Crippen LogP contribution in [0.1, 0.15) is 37.3 Å². The van der Waals surface area contributed by atoms with Crippen molar-refractivity contribution < 1.29 is 4.42 Å². The Bertz CT molecular complexity index is 712. The molecule has 0 amide bonds. The van der Waals surface area contributed by atoms with E-state index in [9.17, 15) is 0 Å². The average Bonchev–Trinajstić information content (AvgIpc) is 3.42. The van der Waals surface area contributed by atoms with Crippen LogP contribution in [-0.4, -0.2) is 56.1 Å². The molecular weight excluding hydrogens is 487 g/mol. The second-order valence-corrected chi connectivity index (χ2v) is 7.70. The number of aliphatic imine (C=N–C) groups is 1. The molecule has 0 aromatic carbocycles. The van der Waals surface area contributed by atoms with Crippen molar-refractivity contribution in [1.82, 2.24) is 20.5 Å². The number of hydrogen-bond donors (Lipinski definition) is 2. The topological polar surface area (TPSA) is 68.9 Å². The summed E-state index contributed by atoms with van der Waals surface area (Å²) in [5.74, 6) is 1.82. The summed E-state index contributed by atoms with van der Waals surface area (Å²) in [6.07, 6.45) is 4.26. The third-order valence-electron chi connectivity index (χ3n) is 4.58. The number of aromatic nitrogens is 1. The molecule has 1 aliphatic heterocycles. The van der Waals surface area contributed by atoms with Crippen molar-refractivity contribution in [3.8, 4) is 0 Å². The second kappa shape index (κ2) is 11.6. The van der Waals surface area contributed by atoms with Crippen LogP contribution in [0.3, 0.4) is 0 Å². The lowest BCUT2D eigenvalue weighted by Crippen LogP contribution is -2.42. The highest BCUT2D eigenvalue weighted by Crippen LogP contribution is 2.25. The van der Waals surface area contributed by atoms with Crippen molar-refractivity contribution >= 4 is 46.4 Å². The number of furan rings is 1. The van der Waals surface area contributed by atoms with Crippen molar-refractivity contribution in [3.05, 3.63) is 35.2 Å². The SMILES string of the molecule is CCNC(=NCc1csc(N(C)C)n1)NCC(c1ccco1)N1CCCC1.I. The smallest absolute Gasteiger partial charge is 0.191 e. The van der Waals surface area contributed by atoms with Crippen LogP contribution in [0.5, 0.6) is 0 Å². The van der Waals surface area contributed by atoms with Gasteiger partial charge >= 0.3 is 0 Å². The molecule has 0 bridgehead atoms. The zero-order chi connectivity index (χ0) is 19.1. The van der Waals surface area contributed by atoms with Gasteiger partial charge in [-0.3, -0.25) is 4.90 Å². The molecule has 1 fully saturated rings.